The van der Waals surface area contributed by atoms with Gasteiger partial charge in [-0.3, -0.25) is 9.36 Å². The van der Waals surface area contributed by atoms with Crippen LogP contribution in [0.2, 0.25) is 0 Å². The quantitative estimate of drug-likeness (QED) is 0.664. The Morgan fingerprint density at radius 3 is 2.61 bits per heavy atom. The highest BCUT2D eigenvalue weighted by atomic mass is 16.4. The number of rotatable bonds is 5. The fourth-order valence-electron chi connectivity index (χ4n) is 4.08. The highest BCUT2D eigenvalue weighted by Crippen LogP contribution is 2.25. The summed E-state index contributed by atoms with van der Waals surface area (Å²) in [6.07, 6.45) is 1.22. The van der Waals surface area contributed by atoms with Crippen molar-refractivity contribution in [2.45, 2.75) is 44.8 Å². The third-order valence-electron chi connectivity index (χ3n) is 6.23. The lowest BCUT2D eigenvalue weighted by atomic mass is 10.00. The molecule has 0 radical (unpaired) electrons. The molecule has 1 aromatic heterocycles. The molecule has 1 aliphatic rings. The standard InChI is InChI=1S/C24H26N4O3/c1-14-10-20(26-15(14)2)23(29)27-19(13-25)11-16-4-6-17(7-5-16)18-8-9-22-21(12-18)28(3)24(30)31-22/h4-9,12,14-15,19-20,26H,10-11H2,1-3H3,(H,27,29)/t14-,15-,19-,20-/m0/s1. The SMILES string of the molecule is C[C@@H]1N[C@H](C(=O)N[C@H](C#N)Cc2ccc(-c3ccc4oc(=O)n(C)c4c3)cc2)C[C@@H]1C. The number of fused-ring (bicyclic) bond motifs is 1. The second-order valence-electron chi connectivity index (χ2n) is 8.42. The monoisotopic (exact) mass is 418 g/mol. The first-order valence-electron chi connectivity index (χ1n) is 10.5. The Labute approximate surface area is 180 Å². The molecular weight excluding hydrogens is 392 g/mol. The van der Waals surface area contributed by atoms with E-state index in [0.29, 0.717) is 24.0 Å². The van der Waals surface area contributed by atoms with Crippen molar-refractivity contribution in [3.63, 3.8) is 0 Å². The van der Waals surface area contributed by atoms with Gasteiger partial charge in [0.05, 0.1) is 17.6 Å². The maximum atomic E-state index is 12.5. The topological polar surface area (TPSA) is 100 Å². The number of nitriles is 1. The first-order valence-corrected chi connectivity index (χ1v) is 10.5. The van der Waals surface area contributed by atoms with E-state index >= 15 is 0 Å². The summed E-state index contributed by atoms with van der Waals surface area (Å²) in [7, 11) is 1.68. The molecule has 1 saturated heterocycles. The van der Waals surface area contributed by atoms with Crippen LogP contribution in [0, 0.1) is 17.2 Å². The molecule has 31 heavy (non-hydrogen) atoms. The minimum Gasteiger partial charge on any atom is -0.408 e. The molecule has 0 aliphatic carbocycles. The number of amides is 1. The van der Waals surface area contributed by atoms with Crippen LogP contribution in [0.1, 0.15) is 25.8 Å². The van der Waals surface area contributed by atoms with Crippen LogP contribution in [0.25, 0.3) is 22.2 Å². The van der Waals surface area contributed by atoms with Crippen molar-refractivity contribution in [3.05, 3.63) is 58.6 Å². The number of benzene rings is 2. The second kappa shape index (κ2) is 8.40. The van der Waals surface area contributed by atoms with E-state index in [4.69, 9.17) is 4.42 Å². The average Bonchev–Trinajstić information content (AvgIpc) is 3.26. The molecule has 7 nitrogen and oxygen atoms in total. The van der Waals surface area contributed by atoms with Gasteiger partial charge >= 0.3 is 5.76 Å². The van der Waals surface area contributed by atoms with Crippen LogP contribution in [0.3, 0.4) is 0 Å². The molecule has 1 aliphatic heterocycles. The Morgan fingerprint density at radius 1 is 1.26 bits per heavy atom. The van der Waals surface area contributed by atoms with E-state index in [0.717, 1.165) is 28.6 Å². The van der Waals surface area contributed by atoms with Crippen LogP contribution in [-0.4, -0.2) is 28.6 Å². The molecule has 4 rings (SSSR count). The van der Waals surface area contributed by atoms with Gasteiger partial charge in [0, 0.05) is 19.5 Å². The Morgan fingerprint density at radius 2 is 1.97 bits per heavy atom. The van der Waals surface area contributed by atoms with Crippen molar-refractivity contribution >= 4 is 17.0 Å². The van der Waals surface area contributed by atoms with Crippen LogP contribution in [0.5, 0.6) is 0 Å². The lowest BCUT2D eigenvalue weighted by Crippen LogP contribution is -2.46. The predicted molar refractivity (Wildman–Crippen MR) is 118 cm³/mol. The summed E-state index contributed by atoms with van der Waals surface area (Å²) in [5.41, 5.74) is 4.23. The molecule has 4 atom stereocenters. The number of carbonyl (C=O) groups is 1. The zero-order chi connectivity index (χ0) is 22.1. The van der Waals surface area contributed by atoms with Crippen molar-refractivity contribution in [1.82, 2.24) is 15.2 Å². The number of nitrogens with one attached hydrogen (secondary N) is 2. The summed E-state index contributed by atoms with van der Waals surface area (Å²) in [4.78, 5) is 24.2. The van der Waals surface area contributed by atoms with Crippen molar-refractivity contribution in [1.29, 1.82) is 5.26 Å². The Balaban J connectivity index is 1.44. The molecule has 160 valence electrons. The molecule has 2 heterocycles. The van der Waals surface area contributed by atoms with Gasteiger partial charge in [0.25, 0.3) is 0 Å². The first kappa shape index (κ1) is 20.9. The first-order chi connectivity index (χ1) is 14.9. The summed E-state index contributed by atoms with van der Waals surface area (Å²) in [5.74, 6) is -0.0604. The van der Waals surface area contributed by atoms with Crippen molar-refractivity contribution in [2.24, 2.45) is 13.0 Å². The van der Waals surface area contributed by atoms with E-state index in [1.54, 1.807) is 13.1 Å². The molecule has 0 bridgehead atoms. The van der Waals surface area contributed by atoms with Gasteiger partial charge in [-0.25, -0.2) is 4.79 Å². The summed E-state index contributed by atoms with van der Waals surface area (Å²) in [5, 5.41) is 15.7. The largest absolute Gasteiger partial charge is 0.419 e. The minimum atomic E-state index is -0.580. The molecule has 1 amide bonds. The number of aryl methyl sites for hydroxylation is 1. The molecule has 2 aromatic carbocycles. The molecule has 0 saturated carbocycles. The smallest absolute Gasteiger partial charge is 0.408 e. The van der Waals surface area contributed by atoms with E-state index < -0.39 is 6.04 Å². The van der Waals surface area contributed by atoms with E-state index in [1.807, 2.05) is 36.4 Å². The molecule has 2 N–H and O–H groups in total. The third kappa shape index (κ3) is 4.25. The molecule has 7 heteroatoms. The van der Waals surface area contributed by atoms with Crippen molar-refractivity contribution in [2.75, 3.05) is 0 Å². The zero-order valence-corrected chi connectivity index (χ0v) is 17.9. The zero-order valence-electron chi connectivity index (χ0n) is 17.9. The van der Waals surface area contributed by atoms with Crippen LogP contribution in [0.15, 0.2) is 51.7 Å². The van der Waals surface area contributed by atoms with Gasteiger partial charge in [-0.1, -0.05) is 37.3 Å². The van der Waals surface area contributed by atoms with E-state index in [9.17, 15) is 14.9 Å². The van der Waals surface area contributed by atoms with Gasteiger partial charge in [0.15, 0.2) is 5.58 Å². The summed E-state index contributed by atoms with van der Waals surface area (Å²) >= 11 is 0. The summed E-state index contributed by atoms with van der Waals surface area (Å²) in [6, 6.07) is 15.2. The Kier molecular flexibility index (Phi) is 5.66. The molecule has 3 aromatic rings. The normalized spacial score (nSPS) is 21.7. The summed E-state index contributed by atoms with van der Waals surface area (Å²) < 4.78 is 6.66. The third-order valence-corrected chi connectivity index (χ3v) is 6.23. The van der Waals surface area contributed by atoms with Gasteiger partial charge < -0.3 is 15.1 Å². The second-order valence-corrected chi connectivity index (χ2v) is 8.42. The number of oxazole rings is 1. The Hall–Kier alpha value is -3.37. The molecule has 0 spiro atoms. The lowest BCUT2D eigenvalue weighted by molar-refractivity contribution is -0.123. The van der Waals surface area contributed by atoms with Gasteiger partial charge in [0.1, 0.15) is 6.04 Å². The number of nitrogens with zero attached hydrogens (tertiary/aromatic N) is 2. The Bertz CT molecular complexity index is 1190. The highest BCUT2D eigenvalue weighted by molar-refractivity contribution is 5.83. The van der Waals surface area contributed by atoms with E-state index in [-0.39, 0.29) is 17.7 Å². The number of carbonyl (C=O) groups excluding carboxylic acids is 1. The van der Waals surface area contributed by atoms with Gasteiger partial charge in [0.2, 0.25) is 5.91 Å². The van der Waals surface area contributed by atoms with E-state index in [1.165, 1.54) is 4.57 Å². The van der Waals surface area contributed by atoms with Gasteiger partial charge in [-0.15, -0.1) is 0 Å². The average molecular weight is 418 g/mol. The van der Waals surface area contributed by atoms with E-state index in [2.05, 4.69) is 30.6 Å². The molecular formula is C24H26N4O3. The van der Waals surface area contributed by atoms with Crippen LogP contribution in [0.4, 0.5) is 0 Å². The fourth-order valence-corrected chi connectivity index (χ4v) is 4.08. The van der Waals surface area contributed by atoms with Crippen molar-refractivity contribution in [3.8, 4) is 17.2 Å². The minimum absolute atomic E-state index is 0.113. The van der Waals surface area contributed by atoms with Crippen LogP contribution >= 0.6 is 0 Å². The van der Waals surface area contributed by atoms with Gasteiger partial charge in [-0.05, 0) is 48.1 Å². The maximum absolute atomic E-state index is 12.5. The highest BCUT2D eigenvalue weighted by Gasteiger charge is 2.32. The number of hydrogen-bond acceptors (Lipinski definition) is 5. The fraction of sp³-hybridized carbons (Fsp3) is 0.375. The molecule has 1 fully saturated rings. The predicted octanol–water partition coefficient (Wildman–Crippen LogP) is 2.74. The maximum Gasteiger partial charge on any atom is 0.419 e. The lowest BCUT2D eigenvalue weighted by Gasteiger charge is -2.16. The number of hydrogen-bond donors (Lipinski definition) is 2. The van der Waals surface area contributed by atoms with Crippen LogP contribution in [-0.2, 0) is 18.3 Å². The van der Waals surface area contributed by atoms with Crippen LogP contribution < -0.4 is 16.4 Å². The number of aromatic nitrogens is 1. The van der Waals surface area contributed by atoms with Gasteiger partial charge in [-0.2, -0.15) is 5.26 Å². The summed E-state index contributed by atoms with van der Waals surface area (Å²) in [6.45, 7) is 4.20. The molecule has 0 unspecified atom stereocenters. The van der Waals surface area contributed by atoms with Crippen molar-refractivity contribution < 1.29 is 9.21 Å².